The molecule has 7 rings (SSSR count). The Bertz CT molecular complexity index is 1780. The molecular weight excluding hydrogens is 482 g/mol. The van der Waals surface area contributed by atoms with Crippen molar-refractivity contribution in [2.75, 3.05) is 37.4 Å². The number of nitrogens with one attached hydrogen (secondary N) is 1. The molecule has 0 bridgehead atoms. The maximum atomic E-state index is 7.77. The van der Waals surface area contributed by atoms with E-state index in [0.29, 0.717) is 51.5 Å². The van der Waals surface area contributed by atoms with Crippen LogP contribution in [-0.2, 0) is 0 Å². The lowest BCUT2D eigenvalue weighted by molar-refractivity contribution is 0.241. The van der Waals surface area contributed by atoms with Gasteiger partial charge in [0.2, 0.25) is 5.88 Å². The quantitative estimate of drug-likeness (QED) is 0.361. The molecule has 0 aliphatic carbocycles. The summed E-state index contributed by atoms with van der Waals surface area (Å²) < 4.78 is 36.4. The Morgan fingerprint density at radius 1 is 1.03 bits per heavy atom. The van der Waals surface area contributed by atoms with Gasteiger partial charge in [0.1, 0.15) is 36.3 Å². The molecular formula is C27H27N9O2. The molecule has 0 radical (unpaired) electrons. The SMILES string of the molecule is [2H]C([2H])([2H])Oc1ccc2ncnc(Nc3ccc(Oc4cc5ncnn5cn4)c(C)c3)c2c1N1C[C@H]2[C@@H]1CCN2C. The van der Waals surface area contributed by atoms with Gasteiger partial charge in [-0.05, 0) is 56.3 Å². The minimum absolute atomic E-state index is 0.266. The van der Waals surface area contributed by atoms with Gasteiger partial charge in [-0.1, -0.05) is 0 Å². The fourth-order valence-corrected chi connectivity index (χ4v) is 5.50. The Kier molecular flexibility index (Phi) is 4.54. The largest absolute Gasteiger partial charge is 0.495 e. The van der Waals surface area contributed by atoms with Crippen LogP contribution in [0.4, 0.5) is 17.2 Å². The van der Waals surface area contributed by atoms with Gasteiger partial charge < -0.3 is 19.7 Å². The first kappa shape index (κ1) is 19.6. The molecule has 2 atom stereocenters. The normalized spacial score (nSPS) is 20.5. The van der Waals surface area contributed by atoms with Gasteiger partial charge in [-0.15, -0.1) is 0 Å². The highest BCUT2D eigenvalue weighted by molar-refractivity contribution is 6.04. The summed E-state index contributed by atoms with van der Waals surface area (Å²) in [5.41, 5.74) is 3.69. The van der Waals surface area contributed by atoms with Gasteiger partial charge in [0.15, 0.2) is 5.65 Å². The van der Waals surface area contributed by atoms with Gasteiger partial charge in [0.25, 0.3) is 0 Å². The lowest BCUT2D eigenvalue weighted by Crippen LogP contribution is -2.61. The smallest absolute Gasteiger partial charge is 0.224 e. The Morgan fingerprint density at radius 2 is 1.95 bits per heavy atom. The van der Waals surface area contributed by atoms with E-state index < -0.39 is 7.04 Å². The highest BCUT2D eigenvalue weighted by atomic mass is 16.5. The van der Waals surface area contributed by atoms with Gasteiger partial charge in [-0.25, -0.2) is 24.5 Å². The van der Waals surface area contributed by atoms with E-state index >= 15 is 0 Å². The fourth-order valence-electron chi connectivity index (χ4n) is 5.50. The minimum Gasteiger partial charge on any atom is -0.495 e. The van der Waals surface area contributed by atoms with Crippen molar-refractivity contribution in [2.24, 2.45) is 0 Å². The van der Waals surface area contributed by atoms with Crippen molar-refractivity contribution in [1.29, 1.82) is 0 Å². The van der Waals surface area contributed by atoms with Crippen molar-refractivity contribution in [2.45, 2.75) is 25.4 Å². The molecule has 38 heavy (non-hydrogen) atoms. The summed E-state index contributed by atoms with van der Waals surface area (Å²) in [6, 6.07) is 11.6. The van der Waals surface area contributed by atoms with Gasteiger partial charge in [0, 0.05) is 36.9 Å². The second-order valence-electron chi connectivity index (χ2n) is 9.68. The molecule has 0 unspecified atom stereocenters. The average molecular weight is 513 g/mol. The van der Waals surface area contributed by atoms with Crippen molar-refractivity contribution >= 4 is 33.7 Å². The number of hydrogen-bond donors (Lipinski definition) is 1. The lowest BCUT2D eigenvalue weighted by atomic mass is 9.94. The number of aryl methyl sites for hydroxylation is 1. The molecule has 5 aromatic rings. The van der Waals surface area contributed by atoms with Crippen molar-refractivity contribution in [1.82, 2.24) is 34.4 Å². The van der Waals surface area contributed by atoms with E-state index in [4.69, 9.17) is 13.6 Å². The van der Waals surface area contributed by atoms with E-state index in [2.05, 4.69) is 47.2 Å². The molecule has 192 valence electrons. The molecule has 11 nitrogen and oxygen atoms in total. The highest BCUT2D eigenvalue weighted by Gasteiger charge is 2.46. The van der Waals surface area contributed by atoms with Gasteiger partial charge in [-0.2, -0.15) is 5.10 Å². The zero-order valence-electron chi connectivity index (χ0n) is 23.9. The van der Waals surface area contributed by atoms with E-state index in [1.165, 1.54) is 12.7 Å². The number of methoxy groups -OCH3 is 1. The minimum atomic E-state index is -2.59. The number of aromatic nitrogens is 6. The summed E-state index contributed by atoms with van der Waals surface area (Å²) in [5.74, 6) is 1.90. The van der Waals surface area contributed by atoms with Crippen LogP contribution in [-0.4, -0.2) is 73.7 Å². The highest BCUT2D eigenvalue weighted by Crippen LogP contribution is 2.46. The summed E-state index contributed by atoms with van der Waals surface area (Å²) in [5, 5.41) is 8.19. The van der Waals surface area contributed by atoms with Crippen LogP contribution in [0.3, 0.4) is 0 Å². The van der Waals surface area contributed by atoms with Crippen LogP contribution in [0.2, 0.25) is 0 Å². The van der Waals surface area contributed by atoms with Crippen LogP contribution in [0.25, 0.3) is 16.6 Å². The zero-order valence-corrected chi connectivity index (χ0v) is 20.9. The van der Waals surface area contributed by atoms with Crippen LogP contribution < -0.4 is 19.7 Å². The molecule has 2 fully saturated rings. The van der Waals surface area contributed by atoms with E-state index in [-0.39, 0.29) is 6.04 Å². The monoisotopic (exact) mass is 512 g/mol. The molecule has 1 N–H and O–H groups in total. The van der Waals surface area contributed by atoms with E-state index in [9.17, 15) is 0 Å². The third-order valence-electron chi connectivity index (χ3n) is 7.51. The number of hydrogen-bond acceptors (Lipinski definition) is 10. The molecule has 0 spiro atoms. The number of benzene rings is 2. The lowest BCUT2D eigenvalue weighted by Gasteiger charge is -2.48. The van der Waals surface area contributed by atoms with Crippen molar-refractivity contribution < 1.29 is 13.6 Å². The molecule has 0 amide bonds. The molecule has 2 aromatic carbocycles. The first-order valence-electron chi connectivity index (χ1n) is 13.9. The molecule has 2 aliphatic rings. The second-order valence-corrected chi connectivity index (χ2v) is 9.68. The van der Waals surface area contributed by atoms with Crippen LogP contribution in [0.5, 0.6) is 17.4 Å². The van der Waals surface area contributed by atoms with E-state index in [0.717, 1.165) is 30.8 Å². The predicted octanol–water partition coefficient (Wildman–Crippen LogP) is 3.81. The maximum absolute atomic E-state index is 7.77. The third-order valence-corrected chi connectivity index (χ3v) is 7.51. The standard InChI is InChI=1S/C27H27N9O2/c1-16-10-17(4-6-21(16)38-24-11-23-29-14-32-36(23)15-31-24)33-27-25-18(28-13-30-27)5-7-22(37-3)26(25)35-12-20-19(35)8-9-34(20)2/h4-7,10-11,13-15,19-20H,8-9,12H2,1-3H3,(H,28,30,33)/t19-,20-/m0/s1/i3D3. The molecule has 11 heteroatoms. The number of likely N-dealkylation sites (tertiary alicyclic amines) is 1. The third kappa shape index (κ3) is 3.66. The summed E-state index contributed by atoms with van der Waals surface area (Å²) >= 11 is 0. The number of fused-ring (bicyclic) bond motifs is 3. The van der Waals surface area contributed by atoms with Crippen molar-refractivity contribution in [3.63, 3.8) is 0 Å². The van der Waals surface area contributed by atoms with Gasteiger partial charge >= 0.3 is 0 Å². The number of anilines is 3. The van der Waals surface area contributed by atoms with Crippen LogP contribution in [0.1, 0.15) is 16.1 Å². The topological polar surface area (TPSA) is 106 Å². The summed E-state index contributed by atoms with van der Waals surface area (Å²) in [6.07, 6.45) is 5.49. The Labute approximate surface area is 223 Å². The first-order valence-corrected chi connectivity index (χ1v) is 12.4. The van der Waals surface area contributed by atoms with Crippen molar-refractivity contribution in [3.8, 4) is 17.4 Å². The number of nitrogens with zero attached hydrogens (tertiary/aromatic N) is 8. The molecule has 2 aliphatic heterocycles. The number of likely N-dealkylation sites (N-methyl/N-ethyl adjacent to an activating group) is 1. The molecule has 0 saturated carbocycles. The summed E-state index contributed by atoms with van der Waals surface area (Å²) in [6.45, 7) is 3.70. The summed E-state index contributed by atoms with van der Waals surface area (Å²) in [7, 11) is -0.470. The first-order chi connectivity index (χ1) is 19.7. The Morgan fingerprint density at radius 3 is 2.82 bits per heavy atom. The predicted molar refractivity (Wildman–Crippen MR) is 144 cm³/mol. The van der Waals surface area contributed by atoms with Gasteiger partial charge in [-0.3, -0.25) is 4.90 Å². The average Bonchev–Trinajstić information content (AvgIpc) is 3.49. The second kappa shape index (κ2) is 8.80. The summed E-state index contributed by atoms with van der Waals surface area (Å²) in [4.78, 5) is 22.1. The van der Waals surface area contributed by atoms with E-state index in [1.54, 1.807) is 29.0 Å². The zero-order chi connectivity index (χ0) is 28.3. The Balaban J connectivity index is 1.23. The number of rotatable bonds is 6. The van der Waals surface area contributed by atoms with Crippen LogP contribution in [0, 0.1) is 6.92 Å². The fraction of sp³-hybridized carbons (Fsp3) is 0.296. The van der Waals surface area contributed by atoms with Crippen molar-refractivity contribution in [3.05, 3.63) is 60.9 Å². The van der Waals surface area contributed by atoms with Gasteiger partial charge in [0.05, 0.1) is 27.7 Å². The van der Waals surface area contributed by atoms with Crippen LogP contribution in [0.15, 0.2) is 55.4 Å². The molecule has 3 aromatic heterocycles. The Hall–Kier alpha value is -4.51. The molecule has 5 heterocycles. The maximum Gasteiger partial charge on any atom is 0.224 e. The van der Waals surface area contributed by atoms with E-state index in [1.807, 2.05) is 25.1 Å². The number of ether oxygens (including phenoxy) is 2. The molecule has 2 saturated heterocycles. The van der Waals surface area contributed by atoms with Crippen LogP contribution >= 0.6 is 0 Å².